The van der Waals surface area contributed by atoms with Gasteiger partial charge in [0.15, 0.2) is 0 Å². The minimum Gasteiger partial charge on any atom is -0.134 e. The number of rotatable bonds is 3. The van der Waals surface area contributed by atoms with E-state index in [0.29, 0.717) is 0 Å². The second-order valence-electron chi connectivity index (χ2n) is 16.0. The standard InChI is InChI=1S/C56H30S4/c1-3-7-49-45(5-1)53-55(57-49)47-23-17-35(29-51(47)59-53)33-15-21-43-39(27-33)11-9-37-25-31(13-19-41(37)43)32-14-20-42-38(26-32)10-12-40-28-34(16-22-44(40)42)36-18-24-48-52(30-36)60-54-46-6-2-4-8-50(46)58-56(48)54/h1-30H. The van der Waals surface area contributed by atoms with Crippen molar-refractivity contribution in [3.63, 3.8) is 0 Å². The molecule has 0 aliphatic carbocycles. The monoisotopic (exact) mass is 830 g/mol. The van der Waals surface area contributed by atoms with Crippen LogP contribution in [0, 0.1) is 0 Å². The highest BCUT2D eigenvalue weighted by molar-refractivity contribution is 7.37. The van der Waals surface area contributed by atoms with Gasteiger partial charge in [-0.25, -0.2) is 0 Å². The fourth-order valence-corrected chi connectivity index (χ4v) is 15.0. The zero-order valence-corrected chi connectivity index (χ0v) is 35.2. The SMILES string of the molecule is c1ccc2c(c1)sc1c3ccc(-c4ccc5c(ccc6cc(-c7ccc8c(ccc9cc(-c%10ccc%11c(c%10)sc%10c%12ccccc%12sc%11%10)ccc98)c7)ccc65)c4)cc3sc21. The molecule has 0 bridgehead atoms. The summed E-state index contributed by atoms with van der Waals surface area (Å²) in [5, 5.41) is 15.7. The van der Waals surface area contributed by atoms with Crippen LogP contribution < -0.4 is 0 Å². The molecule has 0 N–H and O–H groups in total. The van der Waals surface area contributed by atoms with Gasteiger partial charge in [0.1, 0.15) is 0 Å². The van der Waals surface area contributed by atoms with Crippen molar-refractivity contribution >= 4 is 148 Å². The topological polar surface area (TPSA) is 0 Å². The summed E-state index contributed by atoms with van der Waals surface area (Å²) in [7, 11) is 0. The predicted molar refractivity (Wildman–Crippen MR) is 269 cm³/mol. The molecular formula is C56H30S4. The molecule has 14 rings (SSSR count). The third-order valence-electron chi connectivity index (χ3n) is 12.6. The number of hydrogen-bond donors (Lipinski definition) is 0. The molecule has 4 heteroatoms. The summed E-state index contributed by atoms with van der Waals surface area (Å²) in [6.07, 6.45) is 0. The Balaban J connectivity index is 0.772. The molecule has 0 nitrogen and oxygen atoms in total. The van der Waals surface area contributed by atoms with Crippen LogP contribution in [-0.2, 0) is 0 Å². The van der Waals surface area contributed by atoms with Crippen LogP contribution in [0.4, 0.5) is 0 Å². The quantitative estimate of drug-likeness (QED) is 0.156. The molecule has 0 aliphatic rings. The molecule has 10 aromatic carbocycles. The van der Waals surface area contributed by atoms with E-state index in [-0.39, 0.29) is 0 Å². The van der Waals surface area contributed by atoms with Gasteiger partial charge in [-0.2, -0.15) is 0 Å². The smallest absolute Gasteiger partial charge is 0.0542 e. The molecule has 0 radical (unpaired) electrons. The first-order chi connectivity index (χ1) is 29.7. The van der Waals surface area contributed by atoms with Gasteiger partial charge in [-0.3, -0.25) is 0 Å². The van der Waals surface area contributed by atoms with Gasteiger partial charge in [-0.05, 0) is 125 Å². The van der Waals surface area contributed by atoms with Crippen LogP contribution in [0.2, 0.25) is 0 Å². The number of benzene rings is 10. The van der Waals surface area contributed by atoms with E-state index < -0.39 is 0 Å². The Morgan fingerprint density at radius 1 is 0.200 bits per heavy atom. The summed E-state index contributed by atoms with van der Waals surface area (Å²) in [5.41, 5.74) is 7.54. The molecule has 4 aromatic heterocycles. The minimum absolute atomic E-state index is 1.24. The molecule has 0 spiro atoms. The minimum atomic E-state index is 1.24. The van der Waals surface area contributed by atoms with Crippen molar-refractivity contribution in [1.29, 1.82) is 0 Å². The van der Waals surface area contributed by atoms with Crippen LogP contribution in [0.25, 0.3) is 136 Å². The highest BCUT2D eigenvalue weighted by Crippen LogP contribution is 2.47. The molecule has 0 saturated carbocycles. The maximum atomic E-state index is 2.38. The van der Waals surface area contributed by atoms with E-state index in [0.717, 1.165) is 0 Å². The van der Waals surface area contributed by atoms with Gasteiger partial charge >= 0.3 is 0 Å². The lowest BCUT2D eigenvalue weighted by Gasteiger charge is -2.11. The third-order valence-corrected chi connectivity index (χ3v) is 17.7. The Hall–Kier alpha value is -6.40. The van der Waals surface area contributed by atoms with Gasteiger partial charge in [0.05, 0.1) is 18.8 Å². The van der Waals surface area contributed by atoms with E-state index in [1.165, 1.54) is 136 Å². The van der Waals surface area contributed by atoms with Crippen molar-refractivity contribution in [2.24, 2.45) is 0 Å². The molecule has 0 saturated heterocycles. The Kier molecular flexibility index (Phi) is 7.00. The van der Waals surface area contributed by atoms with Gasteiger partial charge < -0.3 is 0 Å². The zero-order valence-electron chi connectivity index (χ0n) is 32.0. The van der Waals surface area contributed by atoms with E-state index >= 15 is 0 Å². The van der Waals surface area contributed by atoms with Crippen LogP contribution in [0.5, 0.6) is 0 Å². The van der Waals surface area contributed by atoms with Crippen LogP contribution in [0.1, 0.15) is 0 Å². The second kappa shape index (κ2) is 12.6. The lowest BCUT2D eigenvalue weighted by Crippen LogP contribution is -1.85. The summed E-state index contributed by atoms with van der Waals surface area (Å²) >= 11 is 7.68. The second-order valence-corrected chi connectivity index (χ2v) is 20.2. The van der Waals surface area contributed by atoms with Crippen LogP contribution >= 0.6 is 45.3 Å². The number of fused-ring (bicyclic) bond motifs is 16. The Labute approximate surface area is 360 Å². The van der Waals surface area contributed by atoms with Crippen molar-refractivity contribution < 1.29 is 0 Å². The van der Waals surface area contributed by atoms with Gasteiger partial charge in [-0.15, -0.1) is 45.3 Å². The first-order valence-electron chi connectivity index (χ1n) is 20.3. The molecule has 278 valence electrons. The van der Waals surface area contributed by atoms with Crippen LogP contribution in [0.3, 0.4) is 0 Å². The van der Waals surface area contributed by atoms with Crippen molar-refractivity contribution in [3.8, 4) is 33.4 Å². The van der Waals surface area contributed by atoms with E-state index in [1.54, 1.807) is 0 Å². The largest absolute Gasteiger partial charge is 0.134 e. The molecule has 0 amide bonds. The van der Waals surface area contributed by atoms with Gasteiger partial charge in [-0.1, -0.05) is 133 Å². The summed E-state index contributed by atoms with van der Waals surface area (Å²) < 4.78 is 11.1. The maximum absolute atomic E-state index is 2.38. The van der Waals surface area contributed by atoms with Gasteiger partial charge in [0.25, 0.3) is 0 Å². The average molecular weight is 831 g/mol. The Morgan fingerprint density at radius 2 is 0.467 bits per heavy atom. The normalized spacial score (nSPS) is 12.3. The Morgan fingerprint density at radius 3 is 0.817 bits per heavy atom. The van der Waals surface area contributed by atoms with Gasteiger partial charge in [0, 0.05) is 40.3 Å². The van der Waals surface area contributed by atoms with Crippen molar-refractivity contribution in [2.45, 2.75) is 0 Å². The summed E-state index contributed by atoms with van der Waals surface area (Å²) in [5.74, 6) is 0. The van der Waals surface area contributed by atoms with Crippen molar-refractivity contribution in [3.05, 3.63) is 182 Å². The van der Waals surface area contributed by atoms with Crippen molar-refractivity contribution in [1.82, 2.24) is 0 Å². The maximum Gasteiger partial charge on any atom is 0.0542 e. The fourth-order valence-electron chi connectivity index (χ4n) is 9.63. The molecule has 0 aliphatic heterocycles. The van der Waals surface area contributed by atoms with E-state index in [2.05, 4.69) is 182 Å². The molecular weight excluding hydrogens is 801 g/mol. The molecule has 60 heavy (non-hydrogen) atoms. The van der Waals surface area contributed by atoms with E-state index in [9.17, 15) is 0 Å². The predicted octanol–water partition coefficient (Wildman–Crippen LogP) is 18.5. The average Bonchev–Trinajstić information content (AvgIpc) is 4.06. The first kappa shape index (κ1) is 33.4. The third kappa shape index (κ3) is 4.94. The molecule has 14 aromatic rings. The summed E-state index contributed by atoms with van der Waals surface area (Å²) in [6.45, 7) is 0. The van der Waals surface area contributed by atoms with E-state index in [4.69, 9.17) is 0 Å². The van der Waals surface area contributed by atoms with Crippen LogP contribution in [0.15, 0.2) is 182 Å². The van der Waals surface area contributed by atoms with E-state index in [1.807, 2.05) is 45.3 Å². The summed E-state index contributed by atoms with van der Waals surface area (Å²) in [4.78, 5) is 0. The Bertz CT molecular complexity index is 3860. The molecule has 0 unspecified atom stereocenters. The molecule has 4 heterocycles. The number of hydrogen-bond acceptors (Lipinski definition) is 4. The fraction of sp³-hybridized carbons (Fsp3) is 0. The lowest BCUT2D eigenvalue weighted by atomic mass is 9.93. The van der Waals surface area contributed by atoms with Crippen LogP contribution in [-0.4, -0.2) is 0 Å². The zero-order chi connectivity index (χ0) is 39.1. The first-order valence-corrected chi connectivity index (χ1v) is 23.6. The number of thiophene rings is 4. The highest BCUT2D eigenvalue weighted by Gasteiger charge is 2.15. The van der Waals surface area contributed by atoms with Gasteiger partial charge in [0.2, 0.25) is 0 Å². The molecule has 0 atom stereocenters. The lowest BCUT2D eigenvalue weighted by molar-refractivity contribution is 1.68. The highest BCUT2D eigenvalue weighted by atomic mass is 32.1. The molecule has 0 fully saturated rings. The summed E-state index contributed by atoms with van der Waals surface area (Å²) in [6, 6.07) is 68.6. The van der Waals surface area contributed by atoms with Crippen molar-refractivity contribution in [2.75, 3.05) is 0 Å².